The predicted molar refractivity (Wildman–Crippen MR) is 78.0 cm³/mol. The van der Waals surface area contributed by atoms with E-state index in [4.69, 9.17) is 21.7 Å². The summed E-state index contributed by atoms with van der Waals surface area (Å²) in [6.45, 7) is 0. The maximum absolute atomic E-state index is 12.3. The zero-order chi connectivity index (χ0) is 15.0. The summed E-state index contributed by atoms with van der Waals surface area (Å²) in [6.07, 6.45) is 1.80. The van der Waals surface area contributed by atoms with Crippen LogP contribution < -0.4 is 0 Å². The second-order valence-electron chi connectivity index (χ2n) is 5.19. The number of nitriles is 1. The van der Waals surface area contributed by atoms with E-state index in [9.17, 15) is 10.1 Å². The first kappa shape index (κ1) is 13.8. The first-order valence-corrected chi connectivity index (χ1v) is 7.18. The predicted octanol–water partition coefficient (Wildman–Crippen LogP) is 3.58. The largest absolute Gasteiger partial charge is 0.446 e. The Labute approximate surface area is 127 Å². The molecule has 4 nitrogen and oxygen atoms in total. The lowest BCUT2D eigenvalue weighted by atomic mass is 9.74. The molecule has 1 N–H and O–H groups in total. The number of ketones is 1. The third-order valence-corrected chi connectivity index (χ3v) is 4.29. The molecule has 0 bridgehead atoms. The van der Waals surface area contributed by atoms with Crippen molar-refractivity contribution in [1.82, 2.24) is 0 Å². The summed E-state index contributed by atoms with van der Waals surface area (Å²) < 4.78 is 5.43. The topological polar surface area (TPSA) is 73.9 Å². The molecule has 0 amide bonds. The maximum atomic E-state index is 12.3. The Bertz CT molecular complexity index is 702. The number of halogens is 1. The second-order valence-corrected chi connectivity index (χ2v) is 5.59. The van der Waals surface area contributed by atoms with Crippen LogP contribution in [0.3, 0.4) is 0 Å². The van der Waals surface area contributed by atoms with Gasteiger partial charge in [-0.2, -0.15) is 5.26 Å². The average Bonchev–Trinajstić information content (AvgIpc) is 2.47. The Kier molecular flexibility index (Phi) is 3.52. The van der Waals surface area contributed by atoms with Gasteiger partial charge in [-0.05, 0) is 18.1 Å². The van der Waals surface area contributed by atoms with Crippen molar-refractivity contribution in [1.29, 1.82) is 10.7 Å². The molecule has 1 aliphatic heterocycles. The molecule has 2 unspecified atom stereocenters. The Morgan fingerprint density at radius 1 is 1.33 bits per heavy atom. The van der Waals surface area contributed by atoms with E-state index in [2.05, 4.69) is 6.07 Å². The lowest BCUT2D eigenvalue weighted by molar-refractivity contribution is -0.116. The van der Waals surface area contributed by atoms with Gasteiger partial charge in [0, 0.05) is 29.4 Å². The van der Waals surface area contributed by atoms with E-state index in [1.165, 1.54) is 0 Å². The molecule has 1 aromatic carbocycles. The highest BCUT2D eigenvalue weighted by molar-refractivity contribution is 6.31. The van der Waals surface area contributed by atoms with Gasteiger partial charge in [0.25, 0.3) is 0 Å². The van der Waals surface area contributed by atoms with Gasteiger partial charge < -0.3 is 4.74 Å². The fourth-order valence-electron chi connectivity index (χ4n) is 3.00. The maximum Gasteiger partial charge on any atom is 0.205 e. The van der Waals surface area contributed by atoms with Gasteiger partial charge in [-0.1, -0.05) is 29.8 Å². The number of benzene rings is 1. The van der Waals surface area contributed by atoms with Crippen LogP contribution in [0.4, 0.5) is 0 Å². The minimum absolute atomic E-state index is 0.00563. The van der Waals surface area contributed by atoms with E-state index < -0.39 is 11.8 Å². The SMILES string of the molecule is N#CC1C(=N)OC2=C(C(=O)CCC2)C1c1ccccc1Cl. The first-order chi connectivity index (χ1) is 10.1. The molecule has 0 saturated carbocycles. The van der Waals surface area contributed by atoms with Crippen LogP contribution in [0.2, 0.25) is 5.02 Å². The first-order valence-electron chi connectivity index (χ1n) is 6.80. The summed E-state index contributed by atoms with van der Waals surface area (Å²) in [7, 11) is 0. The number of carbonyl (C=O) groups excluding carboxylic acids is 1. The smallest absolute Gasteiger partial charge is 0.205 e. The monoisotopic (exact) mass is 300 g/mol. The third-order valence-electron chi connectivity index (χ3n) is 3.95. The summed E-state index contributed by atoms with van der Waals surface area (Å²) in [6, 6.07) is 9.25. The normalized spacial score (nSPS) is 25.1. The second kappa shape index (κ2) is 5.34. The molecule has 1 aliphatic carbocycles. The van der Waals surface area contributed by atoms with Crippen molar-refractivity contribution >= 4 is 23.3 Å². The summed E-state index contributed by atoms with van der Waals surface area (Å²) >= 11 is 6.25. The molecule has 0 saturated heterocycles. The van der Waals surface area contributed by atoms with Gasteiger partial charge in [-0.15, -0.1) is 0 Å². The average molecular weight is 301 g/mol. The number of hydrogen-bond acceptors (Lipinski definition) is 4. The molecular formula is C16H13ClN2O2. The number of rotatable bonds is 1. The van der Waals surface area contributed by atoms with Crippen molar-refractivity contribution < 1.29 is 9.53 Å². The fraction of sp³-hybridized carbons (Fsp3) is 0.312. The molecule has 2 atom stereocenters. The third kappa shape index (κ3) is 2.24. The van der Waals surface area contributed by atoms with Gasteiger partial charge in [0.2, 0.25) is 5.90 Å². The van der Waals surface area contributed by atoms with Crippen LogP contribution in [0.1, 0.15) is 30.7 Å². The zero-order valence-corrected chi connectivity index (χ0v) is 12.0. The van der Waals surface area contributed by atoms with Gasteiger partial charge in [-0.25, -0.2) is 0 Å². The highest BCUT2D eigenvalue weighted by atomic mass is 35.5. The van der Waals surface area contributed by atoms with Crippen LogP contribution in [-0.4, -0.2) is 11.7 Å². The van der Waals surface area contributed by atoms with Gasteiger partial charge >= 0.3 is 0 Å². The van der Waals surface area contributed by atoms with E-state index in [0.29, 0.717) is 34.8 Å². The fourth-order valence-corrected chi connectivity index (χ4v) is 3.25. The van der Waals surface area contributed by atoms with Crippen molar-refractivity contribution in [3.05, 3.63) is 46.2 Å². The molecule has 5 heteroatoms. The number of carbonyl (C=O) groups is 1. The highest BCUT2D eigenvalue weighted by Gasteiger charge is 2.43. The molecule has 21 heavy (non-hydrogen) atoms. The zero-order valence-electron chi connectivity index (χ0n) is 11.2. The quantitative estimate of drug-likeness (QED) is 0.861. The summed E-state index contributed by atoms with van der Waals surface area (Å²) in [5.74, 6) is -0.893. The molecular weight excluding hydrogens is 288 g/mol. The van der Waals surface area contributed by atoms with Crippen molar-refractivity contribution in [2.75, 3.05) is 0 Å². The Balaban J connectivity index is 2.21. The highest BCUT2D eigenvalue weighted by Crippen LogP contribution is 2.45. The molecule has 1 heterocycles. The van der Waals surface area contributed by atoms with Crippen LogP contribution in [0.25, 0.3) is 0 Å². The van der Waals surface area contributed by atoms with E-state index in [0.717, 1.165) is 6.42 Å². The van der Waals surface area contributed by atoms with Crippen LogP contribution in [0.5, 0.6) is 0 Å². The van der Waals surface area contributed by atoms with Crippen molar-refractivity contribution in [3.63, 3.8) is 0 Å². The molecule has 3 rings (SSSR count). The number of Topliss-reactive ketones (excluding diaryl/α,β-unsaturated/α-hetero) is 1. The van der Waals surface area contributed by atoms with Crippen LogP contribution in [0.15, 0.2) is 35.6 Å². The number of hydrogen-bond donors (Lipinski definition) is 1. The summed E-state index contributed by atoms with van der Waals surface area (Å²) in [5, 5.41) is 17.9. The Morgan fingerprint density at radius 3 is 2.81 bits per heavy atom. The van der Waals surface area contributed by atoms with Crippen molar-refractivity contribution in [2.45, 2.75) is 25.2 Å². The summed E-state index contributed by atoms with van der Waals surface area (Å²) in [5.41, 5.74) is 1.23. The number of ether oxygens (including phenoxy) is 1. The Morgan fingerprint density at radius 2 is 2.10 bits per heavy atom. The minimum atomic E-state index is -0.814. The number of allylic oxidation sites excluding steroid dienone is 2. The summed E-state index contributed by atoms with van der Waals surface area (Å²) in [4.78, 5) is 12.3. The van der Waals surface area contributed by atoms with Gasteiger partial charge in [-0.3, -0.25) is 10.2 Å². The Hall–Kier alpha value is -2.12. The number of nitrogens with one attached hydrogen (secondary N) is 1. The van der Waals surface area contributed by atoms with Crippen molar-refractivity contribution in [2.24, 2.45) is 5.92 Å². The molecule has 1 aromatic rings. The van der Waals surface area contributed by atoms with E-state index in [1.807, 2.05) is 12.1 Å². The molecule has 0 radical (unpaired) electrons. The number of nitrogens with zero attached hydrogens (tertiary/aromatic N) is 1. The van der Waals surface area contributed by atoms with Crippen LogP contribution in [0, 0.1) is 22.7 Å². The van der Waals surface area contributed by atoms with Gasteiger partial charge in [0.05, 0.1) is 6.07 Å². The van der Waals surface area contributed by atoms with E-state index in [1.54, 1.807) is 12.1 Å². The van der Waals surface area contributed by atoms with E-state index >= 15 is 0 Å². The lowest BCUT2D eigenvalue weighted by Gasteiger charge is -2.34. The molecule has 0 spiro atoms. The standard InChI is InChI=1S/C16H13ClN2O2/c17-11-5-2-1-4-9(11)14-10(8-18)16(19)21-13-7-3-6-12(20)15(13)14/h1-2,4-5,10,14,19H,3,6-7H2. The molecule has 106 valence electrons. The molecule has 2 aliphatic rings. The molecule has 0 fully saturated rings. The molecule has 0 aromatic heterocycles. The lowest BCUT2D eigenvalue weighted by Crippen LogP contribution is -2.34. The van der Waals surface area contributed by atoms with Gasteiger partial charge in [0.1, 0.15) is 11.7 Å². The minimum Gasteiger partial charge on any atom is -0.446 e. The van der Waals surface area contributed by atoms with Crippen LogP contribution >= 0.6 is 11.6 Å². The van der Waals surface area contributed by atoms with Crippen LogP contribution in [-0.2, 0) is 9.53 Å². The van der Waals surface area contributed by atoms with Crippen molar-refractivity contribution in [3.8, 4) is 6.07 Å². The van der Waals surface area contributed by atoms with E-state index in [-0.39, 0.29) is 11.7 Å². The van der Waals surface area contributed by atoms with Gasteiger partial charge in [0.15, 0.2) is 5.78 Å².